The Balaban J connectivity index is 1.75. The van der Waals surface area contributed by atoms with Gasteiger partial charge in [-0.3, -0.25) is 0 Å². The van der Waals surface area contributed by atoms with Crippen LogP contribution in [0.5, 0.6) is 0 Å². The van der Waals surface area contributed by atoms with Crippen molar-refractivity contribution >= 4 is 0 Å². The summed E-state index contributed by atoms with van der Waals surface area (Å²) in [5.41, 5.74) is 1.14. The van der Waals surface area contributed by atoms with Crippen molar-refractivity contribution in [2.24, 2.45) is 0 Å². The van der Waals surface area contributed by atoms with E-state index in [0.29, 0.717) is 12.3 Å². The minimum atomic E-state index is -0.720. The zero-order valence-corrected chi connectivity index (χ0v) is 11.2. The van der Waals surface area contributed by atoms with Crippen LogP contribution in [-0.4, -0.2) is 34.6 Å². The quantitative estimate of drug-likeness (QED) is 0.816. The molecule has 4 atom stereocenters. The van der Waals surface area contributed by atoms with Crippen molar-refractivity contribution in [1.82, 2.24) is 0 Å². The highest BCUT2D eigenvalue weighted by Crippen LogP contribution is 2.44. The monoisotopic (exact) mass is 262 g/mol. The van der Waals surface area contributed by atoms with Crippen LogP contribution in [0.15, 0.2) is 30.3 Å². The Labute approximate surface area is 114 Å². The van der Waals surface area contributed by atoms with Crippen molar-refractivity contribution < 1.29 is 14.9 Å². The molecule has 0 amide bonds. The molecule has 0 radical (unpaired) electrons. The van der Waals surface area contributed by atoms with Crippen molar-refractivity contribution in [2.75, 3.05) is 6.61 Å². The molecule has 1 spiro atoms. The highest BCUT2D eigenvalue weighted by atomic mass is 16.5. The Morgan fingerprint density at radius 2 is 1.84 bits per heavy atom. The molecule has 2 fully saturated rings. The molecule has 1 aromatic rings. The first kappa shape index (κ1) is 13.1. The lowest BCUT2D eigenvalue weighted by molar-refractivity contribution is -0.185. The van der Waals surface area contributed by atoms with Gasteiger partial charge in [-0.15, -0.1) is 0 Å². The maximum atomic E-state index is 9.92. The number of rotatable bonds is 1. The molecular formula is C16H22O3. The Bertz CT molecular complexity index is 419. The van der Waals surface area contributed by atoms with E-state index in [2.05, 4.69) is 24.3 Å². The zero-order chi connectivity index (χ0) is 13.3. The topological polar surface area (TPSA) is 49.7 Å². The molecule has 1 saturated carbocycles. The molecule has 1 heterocycles. The molecule has 2 N–H and O–H groups in total. The minimum absolute atomic E-state index is 0.225. The van der Waals surface area contributed by atoms with Crippen LogP contribution in [0.4, 0.5) is 0 Å². The SMILES string of the molecule is O[C@@H]1CO[C@]2(CCC[C@H](c3ccccc3)C2)C[C@@H]1O. The molecule has 1 aromatic carbocycles. The first-order chi connectivity index (χ1) is 9.19. The van der Waals surface area contributed by atoms with Gasteiger partial charge in [-0.2, -0.15) is 0 Å². The van der Waals surface area contributed by atoms with E-state index in [9.17, 15) is 10.2 Å². The minimum Gasteiger partial charge on any atom is -0.390 e. The summed E-state index contributed by atoms with van der Waals surface area (Å²) in [5.74, 6) is 0.511. The summed E-state index contributed by atoms with van der Waals surface area (Å²) < 4.78 is 5.93. The van der Waals surface area contributed by atoms with Gasteiger partial charge in [0.2, 0.25) is 0 Å². The normalized spacial score (nSPS) is 39.4. The molecule has 1 aliphatic heterocycles. The van der Waals surface area contributed by atoms with Crippen LogP contribution in [0.1, 0.15) is 43.6 Å². The van der Waals surface area contributed by atoms with E-state index in [0.717, 1.165) is 19.3 Å². The predicted octanol–water partition coefficient (Wildman–Crippen LogP) is 2.23. The third-order valence-electron chi connectivity index (χ3n) is 4.66. The predicted molar refractivity (Wildman–Crippen MR) is 73.0 cm³/mol. The van der Waals surface area contributed by atoms with Crippen molar-refractivity contribution in [3.8, 4) is 0 Å². The van der Waals surface area contributed by atoms with Crippen LogP contribution in [-0.2, 0) is 4.74 Å². The van der Waals surface area contributed by atoms with Gasteiger partial charge < -0.3 is 14.9 Å². The van der Waals surface area contributed by atoms with E-state index in [1.807, 2.05) is 6.07 Å². The molecule has 3 heteroatoms. The Kier molecular flexibility index (Phi) is 3.61. The molecule has 0 unspecified atom stereocenters. The van der Waals surface area contributed by atoms with Crippen molar-refractivity contribution in [1.29, 1.82) is 0 Å². The number of aliphatic hydroxyl groups is 2. The molecule has 1 saturated heterocycles. The molecule has 104 valence electrons. The fraction of sp³-hybridized carbons (Fsp3) is 0.625. The van der Waals surface area contributed by atoms with Crippen LogP contribution < -0.4 is 0 Å². The van der Waals surface area contributed by atoms with Crippen LogP contribution in [0, 0.1) is 0 Å². The van der Waals surface area contributed by atoms with Crippen molar-refractivity contribution in [2.45, 2.75) is 55.8 Å². The number of benzene rings is 1. The number of ether oxygens (including phenoxy) is 1. The lowest BCUT2D eigenvalue weighted by Crippen LogP contribution is -2.51. The smallest absolute Gasteiger partial charge is 0.103 e. The van der Waals surface area contributed by atoms with E-state index >= 15 is 0 Å². The fourth-order valence-electron chi connectivity index (χ4n) is 3.60. The van der Waals surface area contributed by atoms with Gasteiger partial charge in [0.25, 0.3) is 0 Å². The summed E-state index contributed by atoms with van der Waals surface area (Å²) in [4.78, 5) is 0. The van der Waals surface area contributed by atoms with Crippen LogP contribution >= 0.6 is 0 Å². The molecule has 2 aliphatic rings. The van der Waals surface area contributed by atoms with E-state index in [1.54, 1.807) is 0 Å². The summed E-state index contributed by atoms with van der Waals surface area (Å²) in [6.07, 6.45) is 3.49. The lowest BCUT2D eigenvalue weighted by Gasteiger charge is -2.46. The van der Waals surface area contributed by atoms with E-state index in [4.69, 9.17) is 4.74 Å². The molecule has 1 aliphatic carbocycles. The van der Waals surface area contributed by atoms with Crippen LogP contribution in [0.2, 0.25) is 0 Å². The van der Waals surface area contributed by atoms with Crippen LogP contribution in [0.3, 0.4) is 0 Å². The number of hydrogen-bond donors (Lipinski definition) is 2. The first-order valence-electron chi connectivity index (χ1n) is 7.24. The highest BCUT2D eigenvalue weighted by Gasteiger charge is 2.44. The van der Waals surface area contributed by atoms with Gasteiger partial charge in [0.05, 0.1) is 18.3 Å². The van der Waals surface area contributed by atoms with Gasteiger partial charge in [0, 0.05) is 6.42 Å². The van der Waals surface area contributed by atoms with Gasteiger partial charge in [-0.25, -0.2) is 0 Å². The zero-order valence-electron chi connectivity index (χ0n) is 11.2. The summed E-state index contributed by atoms with van der Waals surface area (Å²) in [5, 5.41) is 19.5. The third kappa shape index (κ3) is 2.69. The third-order valence-corrected chi connectivity index (χ3v) is 4.66. The largest absolute Gasteiger partial charge is 0.390 e. The van der Waals surface area contributed by atoms with E-state index in [1.165, 1.54) is 12.0 Å². The van der Waals surface area contributed by atoms with Gasteiger partial charge >= 0.3 is 0 Å². The van der Waals surface area contributed by atoms with Crippen molar-refractivity contribution in [3.63, 3.8) is 0 Å². The summed E-state index contributed by atoms with van der Waals surface area (Å²) in [6, 6.07) is 10.6. The van der Waals surface area contributed by atoms with Gasteiger partial charge in [0.1, 0.15) is 6.10 Å². The average molecular weight is 262 g/mol. The second-order valence-electron chi connectivity index (χ2n) is 6.04. The molecule has 0 aromatic heterocycles. The first-order valence-corrected chi connectivity index (χ1v) is 7.24. The lowest BCUT2D eigenvalue weighted by atomic mass is 9.71. The summed E-state index contributed by atoms with van der Waals surface area (Å²) >= 11 is 0. The Morgan fingerprint density at radius 1 is 1.05 bits per heavy atom. The molecule has 19 heavy (non-hydrogen) atoms. The number of hydrogen-bond acceptors (Lipinski definition) is 3. The van der Waals surface area contributed by atoms with Gasteiger partial charge in [-0.1, -0.05) is 30.3 Å². The molecule has 0 bridgehead atoms. The molecule has 3 nitrogen and oxygen atoms in total. The fourth-order valence-corrected chi connectivity index (χ4v) is 3.60. The maximum Gasteiger partial charge on any atom is 0.103 e. The second-order valence-corrected chi connectivity index (χ2v) is 6.04. The van der Waals surface area contributed by atoms with Gasteiger partial charge in [-0.05, 0) is 37.2 Å². The standard InChI is InChI=1S/C16H22O3/c17-14-10-16(19-11-15(14)18)8-4-7-13(9-16)12-5-2-1-3-6-12/h1-3,5-6,13-15,17-18H,4,7-11H2/t13-,14-,15+,16-/m0/s1. The average Bonchev–Trinajstić information content (AvgIpc) is 2.45. The highest BCUT2D eigenvalue weighted by molar-refractivity contribution is 5.21. The maximum absolute atomic E-state index is 9.92. The summed E-state index contributed by atoms with van der Waals surface area (Å²) in [7, 11) is 0. The van der Waals surface area contributed by atoms with Gasteiger partial charge in [0.15, 0.2) is 0 Å². The Morgan fingerprint density at radius 3 is 2.58 bits per heavy atom. The second kappa shape index (κ2) is 5.23. The van der Waals surface area contributed by atoms with E-state index in [-0.39, 0.29) is 12.2 Å². The number of aliphatic hydroxyl groups excluding tert-OH is 2. The molecular weight excluding hydrogens is 240 g/mol. The van der Waals surface area contributed by atoms with E-state index < -0.39 is 12.2 Å². The van der Waals surface area contributed by atoms with Crippen LogP contribution in [0.25, 0.3) is 0 Å². The molecule has 3 rings (SSSR count). The summed E-state index contributed by atoms with van der Waals surface area (Å²) in [6.45, 7) is 0.267. The Hall–Kier alpha value is -0.900. The van der Waals surface area contributed by atoms with Crippen molar-refractivity contribution in [3.05, 3.63) is 35.9 Å².